The van der Waals surface area contributed by atoms with Crippen LogP contribution in [0.1, 0.15) is 0 Å². The van der Waals surface area contributed by atoms with Crippen LogP contribution in [0.5, 0.6) is 0 Å². The standard InChI is InChI=1S/C16H6Br5N2O/c17-9-10(18)12(20)15(13(21)11(9)19)23-6-8-3-1-2-7-4-5-22(14(7)8)16(23)24/h1-6H/q+1. The van der Waals surface area contributed by atoms with Crippen molar-refractivity contribution in [2.24, 2.45) is 0 Å². The lowest BCUT2D eigenvalue weighted by molar-refractivity contribution is -0.615. The molecule has 3 nitrogen and oxygen atoms in total. The zero-order chi connectivity index (χ0) is 17.2. The molecule has 0 unspecified atom stereocenters. The van der Waals surface area contributed by atoms with Crippen LogP contribution in [0.4, 0.5) is 0 Å². The molecule has 120 valence electrons. The van der Waals surface area contributed by atoms with Crippen LogP contribution in [0.3, 0.4) is 0 Å². The topological polar surface area (TPSA) is 25.4 Å². The first kappa shape index (κ1) is 17.1. The first-order valence-electron chi connectivity index (χ1n) is 6.71. The van der Waals surface area contributed by atoms with E-state index in [1.807, 2.05) is 30.5 Å². The number of rotatable bonds is 1. The van der Waals surface area contributed by atoms with Gasteiger partial charge < -0.3 is 0 Å². The third kappa shape index (κ3) is 2.37. The van der Waals surface area contributed by atoms with E-state index >= 15 is 0 Å². The van der Waals surface area contributed by atoms with Crippen LogP contribution in [0.25, 0.3) is 22.0 Å². The van der Waals surface area contributed by atoms with Crippen LogP contribution in [0.2, 0.25) is 0 Å². The Morgan fingerprint density at radius 2 is 1.38 bits per heavy atom. The quantitative estimate of drug-likeness (QED) is 0.143. The molecule has 0 aliphatic carbocycles. The zero-order valence-corrected chi connectivity index (χ0v) is 19.6. The van der Waals surface area contributed by atoms with Crippen molar-refractivity contribution in [2.45, 2.75) is 0 Å². The highest BCUT2D eigenvalue weighted by molar-refractivity contribution is 9.15. The van der Waals surface area contributed by atoms with Gasteiger partial charge in [0.1, 0.15) is 12.4 Å². The third-order valence-electron chi connectivity index (χ3n) is 3.85. The minimum atomic E-state index is -0.133. The Kier molecular flexibility index (Phi) is 4.40. The highest BCUT2D eigenvalue weighted by Crippen LogP contribution is 2.44. The first-order chi connectivity index (χ1) is 11.4. The van der Waals surface area contributed by atoms with Crippen LogP contribution in [-0.4, -0.2) is 4.40 Å². The predicted molar refractivity (Wildman–Crippen MR) is 112 cm³/mol. The van der Waals surface area contributed by atoms with Gasteiger partial charge in [-0.05, 0) is 91.8 Å². The smallest absolute Gasteiger partial charge is 0.196 e. The molecule has 0 saturated heterocycles. The summed E-state index contributed by atoms with van der Waals surface area (Å²) in [6.45, 7) is 0. The van der Waals surface area contributed by atoms with E-state index in [-0.39, 0.29) is 5.69 Å². The van der Waals surface area contributed by atoms with Crippen molar-refractivity contribution in [3.8, 4) is 5.69 Å². The molecular formula is C16H6Br5N2O+. The van der Waals surface area contributed by atoms with E-state index < -0.39 is 0 Å². The molecule has 0 radical (unpaired) electrons. The van der Waals surface area contributed by atoms with Crippen molar-refractivity contribution in [3.05, 3.63) is 69.5 Å². The second kappa shape index (κ2) is 6.16. The van der Waals surface area contributed by atoms with Gasteiger partial charge in [-0.2, -0.15) is 13.8 Å². The average molecular weight is 642 g/mol. The van der Waals surface area contributed by atoms with Crippen molar-refractivity contribution in [1.29, 1.82) is 0 Å². The molecule has 2 aromatic heterocycles. The number of benzene rings is 2. The summed E-state index contributed by atoms with van der Waals surface area (Å²) in [7, 11) is 0. The average Bonchev–Trinajstić information content (AvgIpc) is 3.01. The summed E-state index contributed by atoms with van der Waals surface area (Å²) in [5.74, 6) is 0. The SMILES string of the molecule is O=c1n2ccc3cccc(c[n+]1-c1c(Br)c(Br)c(Br)c(Br)c1Br)c32. The van der Waals surface area contributed by atoms with Crippen LogP contribution in [0.15, 0.2) is 63.8 Å². The second-order valence-corrected chi connectivity index (χ2v) is 9.14. The molecule has 0 spiro atoms. The Morgan fingerprint density at radius 1 is 0.792 bits per heavy atom. The van der Waals surface area contributed by atoms with E-state index in [1.165, 1.54) is 0 Å². The fraction of sp³-hybridized carbons (Fsp3) is 0. The van der Waals surface area contributed by atoms with Crippen molar-refractivity contribution >= 4 is 95.9 Å². The minimum Gasteiger partial charge on any atom is -0.196 e. The van der Waals surface area contributed by atoms with Gasteiger partial charge in [-0.15, -0.1) is 0 Å². The lowest BCUT2D eigenvalue weighted by Gasteiger charge is -2.11. The summed E-state index contributed by atoms with van der Waals surface area (Å²) in [5, 5.41) is 2.04. The molecule has 8 heteroatoms. The summed E-state index contributed by atoms with van der Waals surface area (Å²) in [4.78, 5) is 13.1. The largest absolute Gasteiger partial charge is 0.508 e. The molecular weight excluding hydrogens is 636 g/mol. The summed E-state index contributed by atoms with van der Waals surface area (Å²) in [6.07, 6.45) is 3.67. The highest BCUT2D eigenvalue weighted by Gasteiger charge is 2.26. The Labute approximate surface area is 178 Å². The summed E-state index contributed by atoms with van der Waals surface area (Å²) < 4.78 is 7.37. The number of hydrogen-bond donors (Lipinski definition) is 0. The molecule has 4 aromatic rings. The molecule has 24 heavy (non-hydrogen) atoms. The molecule has 0 amide bonds. The lowest BCUT2D eigenvalue weighted by Crippen LogP contribution is -2.51. The van der Waals surface area contributed by atoms with Crippen LogP contribution >= 0.6 is 79.6 Å². The van der Waals surface area contributed by atoms with Crippen molar-refractivity contribution in [2.75, 3.05) is 0 Å². The molecule has 0 bridgehead atoms. The van der Waals surface area contributed by atoms with Crippen molar-refractivity contribution < 1.29 is 4.57 Å². The van der Waals surface area contributed by atoms with Crippen LogP contribution in [0, 0.1) is 0 Å². The molecule has 0 fully saturated rings. The highest BCUT2D eigenvalue weighted by atomic mass is 79.9. The normalized spacial score (nSPS) is 11.7. The van der Waals surface area contributed by atoms with Gasteiger partial charge in [0.2, 0.25) is 0 Å². The number of para-hydroxylation sites is 1. The molecule has 4 rings (SSSR count). The van der Waals surface area contributed by atoms with Crippen molar-refractivity contribution in [1.82, 2.24) is 4.40 Å². The Balaban J connectivity index is 2.20. The zero-order valence-electron chi connectivity index (χ0n) is 11.7. The fourth-order valence-corrected chi connectivity index (χ4v) is 6.17. The maximum Gasteiger partial charge on any atom is 0.508 e. The molecule has 2 heterocycles. The third-order valence-corrected chi connectivity index (χ3v) is 9.90. The molecule has 0 saturated carbocycles. The summed E-state index contributed by atoms with van der Waals surface area (Å²) in [5.41, 5.74) is 1.52. The maximum absolute atomic E-state index is 13.1. The fourth-order valence-electron chi connectivity index (χ4n) is 2.76. The number of halogens is 5. The number of aromatic nitrogens is 2. The van der Waals surface area contributed by atoms with E-state index in [2.05, 4.69) is 79.6 Å². The summed E-state index contributed by atoms with van der Waals surface area (Å²) >= 11 is 17.8. The maximum atomic E-state index is 13.1. The molecule has 0 N–H and O–H groups in total. The van der Waals surface area contributed by atoms with E-state index in [0.717, 1.165) is 44.3 Å². The van der Waals surface area contributed by atoms with Gasteiger partial charge in [0.05, 0.1) is 23.3 Å². The predicted octanol–water partition coefficient (Wildman–Crippen LogP) is 5.98. The van der Waals surface area contributed by atoms with Crippen molar-refractivity contribution in [3.63, 3.8) is 0 Å². The van der Waals surface area contributed by atoms with Gasteiger partial charge in [0.25, 0.3) is 0 Å². The second-order valence-electron chi connectivity index (χ2n) is 5.17. The van der Waals surface area contributed by atoms with Crippen LogP contribution < -0.4 is 10.3 Å². The van der Waals surface area contributed by atoms with Gasteiger partial charge in [-0.25, -0.2) is 0 Å². The van der Waals surface area contributed by atoms with E-state index in [1.54, 1.807) is 15.2 Å². The lowest BCUT2D eigenvalue weighted by atomic mass is 10.2. The molecule has 0 aliphatic heterocycles. The van der Waals surface area contributed by atoms with Gasteiger partial charge in [-0.3, -0.25) is 0 Å². The minimum absolute atomic E-state index is 0.133. The number of nitrogens with zero attached hydrogens (tertiary/aromatic N) is 2. The summed E-state index contributed by atoms with van der Waals surface area (Å²) in [6, 6.07) is 7.95. The molecule has 0 aliphatic rings. The van der Waals surface area contributed by atoms with Gasteiger partial charge in [0, 0.05) is 9.86 Å². The van der Waals surface area contributed by atoms with E-state index in [9.17, 15) is 4.79 Å². The van der Waals surface area contributed by atoms with E-state index in [4.69, 9.17) is 0 Å². The van der Waals surface area contributed by atoms with Crippen LogP contribution in [-0.2, 0) is 0 Å². The van der Waals surface area contributed by atoms with Gasteiger partial charge in [-0.1, -0.05) is 12.1 Å². The first-order valence-corrected chi connectivity index (χ1v) is 10.7. The Morgan fingerprint density at radius 3 is 2.04 bits per heavy atom. The monoisotopic (exact) mass is 637 g/mol. The van der Waals surface area contributed by atoms with Gasteiger partial charge in [0.15, 0.2) is 11.2 Å². The number of hydrogen-bond acceptors (Lipinski definition) is 1. The van der Waals surface area contributed by atoms with E-state index in [0.29, 0.717) is 0 Å². The Bertz CT molecular complexity index is 1160. The Hall–Kier alpha value is -0.280. The molecule has 2 aromatic carbocycles. The molecule has 0 atom stereocenters. The van der Waals surface area contributed by atoms with Gasteiger partial charge >= 0.3 is 5.69 Å².